The predicted octanol–water partition coefficient (Wildman–Crippen LogP) is 2.73. The second kappa shape index (κ2) is 6.52. The molecule has 23 heavy (non-hydrogen) atoms. The fraction of sp³-hybridized carbons (Fsp3) is 0.222. The zero-order chi connectivity index (χ0) is 16.2. The second-order valence-corrected chi connectivity index (χ2v) is 5.29. The van der Waals surface area contributed by atoms with Gasteiger partial charge in [0.1, 0.15) is 5.75 Å². The number of rotatable bonds is 5. The molecular formula is C18H17NO4. The fourth-order valence-electron chi connectivity index (χ4n) is 2.60. The summed E-state index contributed by atoms with van der Waals surface area (Å²) in [7, 11) is 0. The highest BCUT2D eigenvalue weighted by atomic mass is 16.5. The zero-order valence-corrected chi connectivity index (χ0v) is 12.8. The summed E-state index contributed by atoms with van der Waals surface area (Å²) in [5.74, 6) is 0.164. The minimum atomic E-state index is -0.628. The number of ether oxygens (including phenoxy) is 1. The van der Waals surface area contributed by atoms with Gasteiger partial charge in [0.05, 0.1) is 17.5 Å². The van der Waals surface area contributed by atoms with E-state index in [9.17, 15) is 9.59 Å². The van der Waals surface area contributed by atoms with E-state index in [0.29, 0.717) is 30.5 Å². The normalized spacial score (nSPS) is 10.8. The smallest absolute Gasteiger partial charge is 0.422 e. The van der Waals surface area contributed by atoms with Gasteiger partial charge in [0.2, 0.25) is 0 Å². The van der Waals surface area contributed by atoms with Gasteiger partial charge in [-0.05, 0) is 37.1 Å². The molecule has 0 aliphatic carbocycles. The maximum absolute atomic E-state index is 12.0. The molecular weight excluding hydrogens is 294 g/mol. The highest BCUT2D eigenvalue weighted by molar-refractivity contribution is 5.80. The molecule has 0 bridgehead atoms. The molecule has 3 rings (SSSR count). The first kappa shape index (κ1) is 15.1. The van der Waals surface area contributed by atoms with E-state index in [4.69, 9.17) is 9.15 Å². The van der Waals surface area contributed by atoms with Crippen LogP contribution in [0.1, 0.15) is 12.0 Å². The van der Waals surface area contributed by atoms with E-state index < -0.39 is 11.4 Å². The summed E-state index contributed by atoms with van der Waals surface area (Å²) < 4.78 is 11.9. The van der Waals surface area contributed by atoms with Gasteiger partial charge in [-0.2, -0.15) is 0 Å². The van der Waals surface area contributed by atoms with Crippen LogP contribution >= 0.6 is 0 Å². The Morgan fingerprint density at radius 1 is 1.04 bits per heavy atom. The Morgan fingerprint density at radius 3 is 2.61 bits per heavy atom. The van der Waals surface area contributed by atoms with Crippen LogP contribution in [0.15, 0.2) is 62.5 Å². The number of hydrogen-bond donors (Lipinski definition) is 0. The summed E-state index contributed by atoms with van der Waals surface area (Å²) in [6.45, 7) is 2.78. The summed E-state index contributed by atoms with van der Waals surface area (Å²) in [5, 5.41) is 0.425. The Hall–Kier alpha value is -2.82. The van der Waals surface area contributed by atoms with Crippen molar-refractivity contribution in [1.29, 1.82) is 0 Å². The SMILES string of the molecule is Cc1cccc2c(=O)oc(=O)n(CCCOc3ccccc3)c12. The average molecular weight is 311 g/mol. The van der Waals surface area contributed by atoms with Crippen molar-refractivity contribution in [3.63, 3.8) is 0 Å². The summed E-state index contributed by atoms with van der Waals surface area (Å²) in [5.41, 5.74) is 0.912. The largest absolute Gasteiger partial charge is 0.494 e. The van der Waals surface area contributed by atoms with Crippen molar-refractivity contribution in [1.82, 2.24) is 4.57 Å². The number of hydrogen-bond acceptors (Lipinski definition) is 4. The third kappa shape index (κ3) is 3.18. The Kier molecular flexibility index (Phi) is 4.28. The van der Waals surface area contributed by atoms with Crippen molar-refractivity contribution in [3.05, 3.63) is 75.1 Å². The van der Waals surface area contributed by atoms with Crippen LogP contribution in [0.2, 0.25) is 0 Å². The van der Waals surface area contributed by atoms with E-state index in [-0.39, 0.29) is 0 Å². The number of aryl methyl sites for hydroxylation is 2. The first-order valence-electron chi connectivity index (χ1n) is 7.48. The van der Waals surface area contributed by atoms with Gasteiger partial charge in [0, 0.05) is 6.54 Å². The van der Waals surface area contributed by atoms with E-state index in [0.717, 1.165) is 11.3 Å². The molecule has 0 radical (unpaired) electrons. The third-order valence-electron chi connectivity index (χ3n) is 3.67. The molecule has 0 N–H and O–H groups in total. The Labute approximate surface area is 132 Å². The molecule has 5 nitrogen and oxygen atoms in total. The number of benzene rings is 2. The van der Waals surface area contributed by atoms with Gasteiger partial charge in [-0.1, -0.05) is 30.3 Å². The van der Waals surface area contributed by atoms with Crippen LogP contribution < -0.4 is 16.1 Å². The number of aromatic nitrogens is 1. The summed E-state index contributed by atoms with van der Waals surface area (Å²) in [6, 6.07) is 14.8. The first-order chi connectivity index (χ1) is 11.2. The van der Waals surface area contributed by atoms with Gasteiger partial charge in [-0.3, -0.25) is 4.57 Å². The Morgan fingerprint density at radius 2 is 1.83 bits per heavy atom. The first-order valence-corrected chi connectivity index (χ1v) is 7.48. The Bertz CT molecular complexity index is 925. The molecule has 0 spiro atoms. The summed E-state index contributed by atoms with van der Waals surface area (Å²) in [4.78, 5) is 23.8. The molecule has 0 unspecified atom stereocenters. The van der Waals surface area contributed by atoms with Gasteiger partial charge in [-0.15, -0.1) is 0 Å². The minimum absolute atomic E-state index is 0.425. The molecule has 1 aromatic heterocycles. The maximum Gasteiger partial charge on any atom is 0.422 e. The second-order valence-electron chi connectivity index (χ2n) is 5.29. The van der Waals surface area contributed by atoms with Crippen LogP contribution in [0.3, 0.4) is 0 Å². The Balaban J connectivity index is 1.80. The lowest BCUT2D eigenvalue weighted by molar-refractivity contribution is 0.296. The molecule has 0 fully saturated rings. The van der Waals surface area contributed by atoms with Crippen molar-refractivity contribution in [3.8, 4) is 5.75 Å². The lowest BCUT2D eigenvalue weighted by atomic mass is 10.1. The van der Waals surface area contributed by atoms with Gasteiger partial charge in [0.15, 0.2) is 0 Å². The lowest BCUT2D eigenvalue weighted by Crippen LogP contribution is -2.26. The molecule has 1 heterocycles. The third-order valence-corrected chi connectivity index (χ3v) is 3.67. The monoisotopic (exact) mass is 311 g/mol. The quantitative estimate of drug-likeness (QED) is 0.680. The highest BCUT2D eigenvalue weighted by Crippen LogP contribution is 2.14. The summed E-state index contributed by atoms with van der Waals surface area (Å²) >= 11 is 0. The van der Waals surface area contributed by atoms with E-state index >= 15 is 0 Å². The van der Waals surface area contributed by atoms with Crippen LogP contribution in [-0.4, -0.2) is 11.2 Å². The molecule has 0 saturated carbocycles. The van der Waals surface area contributed by atoms with Crippen molar-refractivity contribution in [2.75, 3.05) is 6.61 Å². The molecule has 5 heteroatoms. The lowest BCUT2D eigenvalue weighted by Gasteiger charge is -2.11. The van der Waals surface area contributed by atoms with E-state index in [1.165, 1.54) is 4.57 Å². The number of para-hydroxylation sites is 2. The molecule has 2 aromatic carbocycles. The van der Waals surface area contributed by atoms with E-state index in [2.05, 4.69) is 0 Å². The number of fused-ring (bicyclic) bond motifs is 1. The van der Waals surface area contributed by atoms with Crippen molar-refractivity contribution < 1.29 is 9.15 Å². The molecule has 118 valence electrons. The van der Waals surface area contributed by atoms with E-state index in [1.54, 1.807) is 12.1 Å². The molecule has 0 saturated heterocycles. The minimum Gasteiger partial charge on any atom is -0.494 e. The molecule has 0 aliphatic rings. The van der Waals surface area contributed by atoms with Crippen molar-refractivity contribution in [2.24, 2.45) is 0 Å². The van der Waals surface area contributed by atoms with Crippen LogP contribution in [0.5, 0.6) is 5.75 Å². The topological polar surface area (TPSA) is 61.4 Å². The maximum atomic E-state index is 12.0. The number of nitrogens with zero attached hydrogens (tertiary/aromatic N) is 1. The highest BCUT2D eigenvalue weighted by Gasteiger charge is 2.11. The van der Waals surface area contributed by atoms with Gasteiger partial charge < -0.3 is 9.15 Å². The molecule has 0 atom stereocenters. The standard InChI is InChI=1S/C18H17NO4/c1-13-7-5-10-15-16(13)19(18(21)23-17(15)20)11-6-12-22-14-8-3-2-4-9-14/h2-5,7-10H,6,11-12H2,1H3. The van der Waals surface area contributed by atoms with Crippen LogP contribution in [0.4, 0.5) is 0 Å². The van der Waals surface area contributed by atoms with Crippen molar-refractivity contribution >= 4 is 10.9 Å². The predicted molar refractivity (Wildman–Crippen MR) is 88.0 cm³/mol. The van der Waals surface area contributed by atoms with E-state index in [1.807, 2.05) is 43.3 Å². The van der Waals surface area contributed by atoms with Crippen LogP contribution in [0, 0.1) is 6.92 Å². The average Bonchev–Trinajstić information content (AvgIpc) is 2.55. The molecule has 0 amide bonds. The van der Waals surface area contributed by atoms with Gasteiger partial charge >= 0.3 is 11.4 Å². The van der Waals surface area contributed by atoms with Gasteiger partial charge in [0.25, 0.3) is 0 Å². The summed E-state index contributed by atoms with van der Waals surface area (Å²) in [6.07, 6.45) is 0.631. The zero-order valence-electron chi connectivity index (χ0n) is 12.8. The van der Waals surface area contributed by atoms with Crippen molar-refractivity contribution in [2.45, 2.75) is 19.9 Å². The molecule has 3 aromatic rings. The van der Waals surface area contributed by atoms with Gasteiger partial charge in [-0.25, -0.2) is 9.59 Å². The molecule has 0 aliphatic heterocycles. The van der Waals surface area contributed by atoms with Crippen LogP contribution in [-0.2, 0) is 6.54 Å². The fourth-order valence-corrected chi connectivity index (χ4v) is 2.60. The van der Waals surface area contributed by atoms with Crippen LogP contribution in [0.25, 0.3) is 10.9 Å².